The first-order chi connectivity index (χ1) is 13.9. The van der Waals surface area contributed by atoms with Gasteiger partial charge in [0.2, 0.25) is 10.0 Å². The second kappa shape index (κ2) is 7.81. The Morgan fingerprint density at radius 3 is 2.38 bits per heavy atom. The van der Waals surface area contributed by atoms with Crippen molar-refractivity contribution in [1.29, 1.82) is 0 Å². The Bertz CT molecular complexity index is 1200. The number of carbonyl (C=O) groups excluding carboxylic acids is 1. The van der Waals surface area contributed by atoms with Crippen LogP contribution < -0.4 is 10.3 Å². The highest BCUT2D eigenvalue weighted by Gasteiger charge is 2.28. The number of sulfonamides is 1. The van der Waals surface area contributed by atoms with Crippen molar-refractivity contribution in [3.05, 3.63) is 76.6 Å². The molecule has 0 spiro atoms. The van der Waals surface area contributed by atoms with Crippen LogP contribution in [0.25, 0.3) is 11.0 Å². The molecular formula is C21H20N2O5S. The van der Waals surface area contributed by atoms with E-state index in [0.717, 1.165) is 0 Å². The number of hydrogen-bond donors (Lipinski definition) is 1. The first-order valence-corrected chi connectivity index (χ1v) is 10.8. The van der Waals surface area contributed by atoms with E-state index in [1.54, 1.807) is 65.6 Å². The number of fused-ring (bicyclic) bond motifs is 1. The average molecular weight is 412 g/mol. The van der Waals surface area contributed by atoms with E-state index in [2.05, 4.69) is 4.72 Å². The van der Waals surface area contributed by atoms with Crippen LogP contribution in [0.4, 0.5) is 0 Å². The maximum absolute atomic E-state index is 12.8. The van der Waals surface area contributed by atoms with Gasteiger partial charge < -0.3 is 9.32 Å². The molecule has 1 fully saturated rings. The lowest BCUT2D eigenvalue weighted by atomic mass is 10.0. The lowest BCUT2D eigenvalue weighted by molar-refractivity contribution is 0.0707. The molecule has 0 unspecified atom stereocenters. The molecule has 1 aromatic heterocycles. The van der Waals surface area contributed by atoms with Crippen LogP contribution in [-0.4, -0.2) is 38.4 Å². The monoisotopic (exact) mass is 412 g/mol. The number of amides is 1. The molecule has 1 aliphatic rings. The fraction of sp³-hybridized carbons (Fsp3) is 0.238. The molecule has 2 heterocycles. The predicted molar refractivity (Wildman–Crippen MR) is 108 cm³/mol. The number of benzene rings is 2. The van der Waals surface area contributed by atoms with Gasteiger partial charge in [-0.25, -0.2) is 17.9 Å². The quantitative estimate of drug-likeness (QED) is 0.664. The van der Waals surface area contributed by atoms with Gasteiger partial charge in [-0.1, -0.05) is 36.4 Å². The Balaban J connectivity index is 1.44. The van der Waals surface area contributed by atoms with Gasteiger partial charge in [0.25, 0.3) is 5.91 Å². The van der Waals surface area contributed by atoms with E-state index in [1.807, 2.05) is 0 Å². The van der Waals surface area contributed by atoms with E-state index >= 15 is 0 Å². The van der Waals surface area contributed by atoms with Crippen molar-refractivity contribution in [3.8, 4) is 0 Å². The molecule has 1 saturated heterocycles. The molecule has 1 N–H and O–H groups in total. The highest BCUT2D eigenvalue weighted by molar-refractivity contribution is 7.89. The molecule has 0 saturated carbocycles. The summed E-state index contributed by atoms with van der Waals surface area (Å²) in [6.07, 6.45) is 0.938. The topological polar surface area (TPSA) is 96.7 Å². The van der Waals surface area contributed by atoms with Crippen LogP contribution in [0.1, 0.15) is 23.2 Å². The molecule has 1 aliphatic heterocycles. The third-order valence-corrected chi connectivity index (χ3v) is 6.57. The molecule has 2 aromatic carbocycles. The lowest BCUT2D eigenvalue weighted by Gasteiger charge is -2.32. The second-order valence-electron chi connectivity index (χ2n) is 6.99. The number of piperidine rings is 1. The summed E-state index contributed by atoms with van der Waals surface area (Å²) in [6.45, 7) is 0.708. The van der Waals surface area contributed by atoms with Gasteiger partial charge in [-0.3, -0.25) is 4.79 Å². The van der Waals surface area contributed by atoms with Crippen molar-refractivity contribution < 1.29 is 17.6 Å². The summed E-state index contributed by atoms with van der Waals surface area (Å²) in [7, 11) is -3.60. The van der Waals surface area contributed by atoms with Gasteiger partial charge in [0.1, 0.15) is 11.1 Å². The second-order valence-corrected chi connectivity index (χ2v) is 8.70. The van der Waals surface area contributed by atoms with Crippen LogP contribution in [0.5, 0.6) is 0 Å². The van der Waals surface area contributed by atoms with Crippen molar-refractivity contribution >= 4 is 26.9 Å². The minimum absolute atomic E-state index is 0.00739. The van der Waals surface area contributed by atoms with Crippen molar-refractivity contribution in [3.63, 3.8) is 0 Å². The zero-order valence-corrected chi connectivity index (χ0v) is 16.4. The average Bonchev–Trinajstić information content (AvgIpc) is 2.74. The number of hydrogen-bond acceptors (Lipinski definition) is 5. The smallest absolute Gasteiger partial charge is 0.349 e. The molecule has 0 bridgehead atoms. The minimum atomic E-state index is -3.60. The van der Waals surface area contributed by atoms with Gasteiger partial charge in [-0.15, -0.1) is 0 Å². The zero-order chi connectivity index (χ0) is 20.4. The SMILES string of the molecule is O=C(c1cc2ccccc2oc1=O)N1CCC(NS(=O)(=O)c2ccccc2)CC1. The van der Waals surface area contributed by atoms with Crippen molar-refractivity contribution in [2.45, 2.75) is 23.8 Å². The fourth-order valence-corrected chi connectivity index (χ4v) is 4.79. The van der Waals surface area contributed by atoms with E-state index < -0.39 is 21.6 Å². The molecule has 150 valence electrons. The third kappa shape index (κ3) is 4.08. The summed E-state index contributed by atoms with van der Waals surface area (Å²) in [4.78, 5) is 26.8. The fourth-order valence-electron chi connectivity index (χ4n) is 3.47. The Labute approximate surface area is 168 Å². The van der Waals surface area contributed by atoms with Gasteiger partial charge in [-0.2, -0.15) is 0 Å². The Hall–Kier alpha value is -2.97. The summed E-state index contributed by atoms with van der Waals surface area (Å²) in [6, 6.07) is 16.5. The maximum Gasteiger partial charge on any atom is 0.349 e. The van der Waals surface area contributed by atoms with Crippen LogP contribution in [-0.2, 0) is 10.0 Å². The summed E-state index contributed by atoms with van der Waals surface area (Å²) >= 11 is 0. The number of nitrogens with one attached hydrogen (secondary N) is 1. The van der Waals surface area contributed by atoms with Crippen molar-refractivity contribution in [2.24, 2.45) is 0 Å². The molecule has 0 aliphatic carbocycles. The van der Waals surface area contributed by atoms with Crippen molar-refractivity contribution in [1.82, 2.24) is 9.62 Å². The third-order valence-electron chi connectivity index (χ3n) is 5.03. The largest absolute Gasteiger partial charge is 0.422 e. The van der Waals surface area contributed by atoms with E-state index in [0.29, 0.717) is 36.9 Å². The summed E-state index contributed by atoms with van der Waals surface area (Å²) in [5.74, 6) is -0.395. The molecular weight excluding hydrogens is 392 g/mol. The summed E-state index contributed by atoms with van der Waals surface area (Å²) in [5.41, 5.74) is -0.240. The Morgan fingerprint density at radius 1 is 1.00 bits per heavy atom. The molecule has 29 heavy (non-hydrogen) atoms. The first-order valence-electron chi connectivity index (χ1n) is 9.33. The van der Waals surface area contributed by atoms with Gasteiger partial charge in [-0.05, 0) is 37.1 Å². The van der Waals surface area contributed by atoms with Crippen LogP contribution in [0.15, 0.2) is 74.8 Å². The van der Waals surface area contributed by atoms with Gasteiger partial charge >= 0.3 is 5.63 Å². The molecule has 7 nitrogen and oxygen atoms in total. The minimum Gasteiger partial charge on any atom is -0.422 e. The van der Waals surface area contributed by atoms with Crippen LogP contribution in [0.3, 0.4) is 0 Å². The van der Waals surface area contributed by atoms with Crippen LogP contribution in [0.2, 0.25) is 0 Å². The van der Waals surface area contributed by atoms with E-state index in [9.17, 15) is 18.0 Å². The lowest BCUT2D eigenvalue weighted by Crippen LogP contribution is -2.47. The zero-order valence-electron chi connectivity index (χ0n) is 15.6. The molecule has 8 heteroatoms. The number of rotatable bonds is 4. The summed E-state index contributed by atoms with van der Waals surface area (Å²) < 4.78 is 32.9. The number of nitrogens with zero attached hydrogens (tertiary/aromatic N) is 1. The normalized spacial score (nSPS) is 15.5. The van der Waals surface area contributed by atoms with E-state index in [1.165, 1.54) is 0 Å². The van der Waals surface area contributed by atoms with Crippen LogP contribution >= 0.6 is 0 Å². The highest BCUT2D eigenvalue weighted by Crippen LogP contribution is 2.18. The van der Waals surface area contributed by atoms with Crippen LogP contribution in [0, 0.1) is 0 Å². The Morgan fingerprint density at radius 2 is 1.66 bits per heavy atom. The Kier molecular flexibility index (Phi) is 5.21. The molecule has 1 amide bonds. The summed E-state index contributed by atoms with van der Waals surface area (Å²) in [5, 5.41) is 0.681. The van der Waals surface area contributed by atoms with Crippen molar-refractivity contribution in [2.75, 3.05) is 13.1 Å². The predicted octanol–water partition coefficient (Wildman–Crippen LogP) is 2.38. The number of likely N-dealkylation sites (tertiary alicyclic amines) is 1. The highest BCUT2D eigenvalue weighted by atomic mass is 32.2. The van der Waals surface area contributed by atoms with E-state index in [-0.39, 0.29) is 16.5 Å². The molecule has 4 rings (SSSR count). The van der Waals surface area contributed by atoms with E-state index in [4.69, 9.17) is 4.42 Å². The van der Waals surface area contributed by atoms with Gasteiger partial charge in [0.15, 0.2) is 0 Å². The standard InChI is InChI=1S/C21H20N2O5S/c24-20(18-14-15-6-4-5-9-19(15)28-21(18)25)23-12-10-16(11-13-23)22-29(26,27)17-7-2-1-3-8-17/h1-9,14,16,22H,10-13H2. The maximum atomic E-state index is 12.8. The van der Waals surface area contributed by atoms with Gasteiger partial charge in [0, 0.05) is 24.5 Å². The number of carbonyl (C=O) groups is 1. The van der Waals surface area contributed by atoms with Gasteiger partial charge in [0.05, 0.1) is 4.90 Å². The number of para-hydroxylation sites is 1. The molecule has 3 aromatic rings. The molecule has 0 atom stereocenters. The molecule has 0 radical (unpaired) electrons. The first kappa shape index (κ1) is 19.4.